The number of halogens is 3. The Bertz CT molecular complexity index is 416. The van der Waals surface area contributed by atoms with E-state index in [-0.39, 0.29) is 51.4 Å². The third kappa shape index (κ3) is 8.59. The molecule has 0 unspecified atom stereocenters. The molecule has 0 saturated heterocycles. The Balaban J connectivity index is 0.00000400. The van der Waals surface area contributed by atoms with Gasteiger partial charge in [0.1, 0.15) is 5.75 Å². The molecule has 1 aromatic carbocycles. The van der Waals surface area contributed by atoms with Crippen molar-refractivity contribution in [2.24, 2.45) is 0 Å². The van der Waals surface area contributed by atoms with Gasteiger partial charge in [-0.15, -0.1) is 5.46 Å². The van der Waals surface area contributed by atoms with Crippen LogP contribution in [0.15, 0.2) is 18.2 Å². The average molecular weight is 330 g/mol. The summed E-state index contributed by atoms with van der Waals surface area (Å²) in [6.45, 7) is -1.34. The zero-order valence-corrected chi connectivity index (χ0v) is 15.8. The molecule has 0 amide bonds. The Hall–Kier alpha value is 0.431. The van der Waals surface area contributed by atoms with Gasteiger partial charge in [-0.25, -0.2) is 0 Å². The van der Waals surface area contributed by atoms with E-state index in [1.807, 2.05) is 0 Å². The van der Waals surface area contributed by atoms with Crippen molar-refractivity contribution in [3.8, 4) is 5.75 Å². The van der Waals surface area contributed by atoms with Crippen LogP contribution in [-0.4, -0.2) is 40.5 Å². The number of hydrogen-bond donors (Lipinski definition) is 0. The van der Waals surface area contributed by atoms with Crippen LogP contribution in [0.2, 0.25) is 0 Å². The molecular weight excluding hydrogens is 311 g/mol. The van der Waals surface area contributed by atoms with Crippen LogP contribution >= 0.6 is 0 Å². The van der Waals surface area contributed by atoms with Crippen molar-refractivity contribution in [3.63, 3.8) is 0 Å². The molecule has 8 heteroatoms. The Morgan fingerprint density at radius 2 is 1.76 bits per heavy atom. The molecule has 0 spiro atoms. The van der Waals surface area contributed by atoms with E-state index in [0.29, 0.717) is 44.2 Å². The van der Waals surface area contributed by atoms with Gasteiger partial charge in [-0.3, -0.25) is 0 Å². The van der Waals surface area contributed by atoms with Gasteiger partial charge >= 0.3 is 58.4 Å². The Kier molecular flexibility index (Phi) is 11.3. The molecule has 1 rings (SSSR count). The third-order valence-electron chi connectivity index (χ3n) is 2.70. The van der Waals surface area contributed by atoms with Gasteiger partial charge in [0.15, 0.2) is 0 Å². The predicted molar refractivity (Wildman–Crippen MR) is 72.7 cm³/mol. The number of aryl methyl sites for hydroxylation is 1. The van der Waals surface area contributed by atoms with Crippen LogP contribution in [0.25, 0.3) is 0 Å². The second-order valence-electron chi connectivity index (χ2n) is 4.41. The first-order valence-electron chi connectivity index (χ1n) is 6.45. The van der Waals surface area contributed by atoms with Gasteiger partial charge < -0.3 is 27.2 Å². The van der Waals surface area contributed by atoms with E-state index in [0.717, 1.165) is 12.1 Å². The van der Waals surface area contributed by atoms with E-state index in [9.17, 15) is 12.9 Å². The SMILES string of the molecule is COCCOCCCOc1ccc([B-](F)(F)F)cc1C.[K+]. The normalized spacial score (nSPS) is 11.1. The topological polar surface area (TPSA) is 27.7 Å². The van der Waals surface area contributed by atoms with E-state index in [2.05, 4.69) is 0 Å². The van der Waals surface area contributed by atoms with E-state index < -0.39 is 12.4 Å². The number of rotatable bonds is 9. The summed E-state index contributed by atoms with van der Waals surface area (Å²) in [6.07, 6.45) is 0.675. The van der Waals surface area contributed by atoms with Crippen LogP contribution in [-0.2, 0) is 9.47 Å². The molecule has 0 atom stereocenters. The van der Waals surface area contributed by atoms with Gasteiger partial charge in [0.2, 0.25) is 0 Å². The Labute approximate surface area is 166 Å². The maximum Gasteiger partial charge on any atom is 1.00 e. The van der Waals surface area contributed by atoms with Crippen molar-refractivity contribution >= 4 is 12.4 Å². The Morgan fingerprint density at radius 3 is 2.33 bits per heavy atom. The van der Waals surface area contributed by atoms with Crippen LogP contribution in [0.5, 0.6) is 5.75 Å². The van der Waals surface area contributed by atoms with Crippen molar-refractivity contribution in [1.29, 1.82) is 0 Å². The molecular formula is C13H19BF3KO3. The smallest absolute Gasteiger partial charge is 0.493 e. The minimum absolute atomic E-state index is 0. The number of hydrogen-bond acceptors (Lipinski definition) is 3. The summed E-state index contributed by atoms with van der Waals surface area (Å²) in [5.41, 5.74) is -0.111. The van der Waals surface area contributed by atoms with Gasteiger partial charge in [0, 0.05) is 20.1 Å². The molecule has 0 bridgehead atoms. The third-order valence-corrected chi connectivity index (χ3v) is 2.70. The largest absolute Gasteiger partial charge is 1.00 e. The number of benzene rings is 1. The summed E-state index contributed by atoms with van der Waals surface area (Å²) in [5, 5.41) is 0. The van der Waals surface area contributed by atoms with Crippen LogP contribution in [0.1, 0.15) is 12.0 Å². The first-order chi connectivity index (χ1) is 9.45. The zero-order chi connectivity index (χ0) is 15.0. The molecule has 114 valence electrons. The molecule has 0 N–H and O–H groups in total. The quantitative estimate of drug-likeness (QED) is 0.451. The van der Waals surface area contributed by atoms with Gasteiger partial charge in [-0.1, -0.05) is 12.1 Å². The molecule has 0 heterocycles. The monoisotopic (exact) mass is 330 g/mol. The van der Waals surface area contributed by atoms with Crippen molar-refractivity contribution in [3.05, 3.63) is 23.8 Å². The maximum atomic E-state index is 12.5. The summed E-state index contributed by atoms with van der Waals surface area (Å²) in [4.78, 5) is 0. The van der Waals surface area contributed by atoms with Crippen LogP contribution in [0.3, 0.4) is 0 Å². The van der Waals surface area contributed by atoms with E-state index in [4.69, 9.17) is 14.2 Å². The summed E-state index contributed by atoms with van der Waals surface area (Å²) in [5.74, 6) is 0.477. The average Bonchev–Trinajstić information content (AvgIpc) is 2.38. The molecule has 0 aliphatic carbocycles. The van der Waals surface area contributed by atoms with E-state index >= 15 is 0 Å². The van der Waals surface area contributed by atoms with Gasteiger partial charge in [0.25, 0.3) is 0 Å². The van der Waals surface area contributed by atoms with Crippen molar-refractivity contribution in [1.82, 2.24) is 0 Å². The summed E-state index contributed by atoms with van der Waals surface area (Å²) >= 11 is 0. The summed E-state index contributed by atoms with van der Waals surface area (Å²) in [6, 6.07) is 3.54. The molecule has 0 aliphatic rings. The fraction of sp³-hybridized carbons (Fsp3) is 0.538. The number of methoxy groups -OCH3 is 1. The molecule has 0 aromatic heterocycles. The first-order valence-corrected chi connectivity index (χ1v) is 6.45. The van der Waals surface area contributed by atoms with Gasteiger partial charge in [-0.2, -0.15) is 0 Å². The van der Waals surface area contributed by atoms with E-state index in [1.54, 1.807) is 14.0 Å². The zero-order valence-electron chi connectivity index (χ0n) is 12.7. The summed E-state index contributed by atoms with van der Waals surface area (Å²) < 4.78 is 53.2. The van der Waals surface area contributed by atoms with E-state index in [1.165, 1.54) is 6.07 Å². The van der Waals surface area contributed by atoms with Gasteiger partial charge in [0.05, 0.1) is 19.8 Å². The standard InChI is InChI=1S/C13H19BF3O3.K/c1-11-10-12(14(15,16)17)4-5-13(11)20-7-3-6-19-9-8-18-2;/h4-5,10H,3,6-9H2,1-2H3;/q-1;+1. The van der Waals surface area contributed by atoms with Crippen LogP contribution < -0.4 is 61.6 Å². The minimum atomic E-state index is -4.96. The maximum absolute atomic E-state index is 12.5. The Morgan fingerprint density at radius 1 is 1.05 bits per heavy atom. The van der Waals surface area contributed by atoms with Crippen LogP contribution in [0.4, 0.5) is 12.9 Å². The molecule has 0 fully saturated rings. The fourth-order valence-corrected chi connectivity index (χ4v) is 1.63. The van der Waals surface area contributed by atoms with Crippen LogP contribution in [0, 0.1) is 6.92 Å². The molecule has 1 aromatic rings. The molecule has 21 heavy (non-hydrogen) atoms. The predicted octanol–water partition coefficient (Wildman–Crippen LogP) is -0.515. The van der Waals surface area contributed by atoms with Crippen molar-refractivity contribution in [2.45, 2.75) is 13.3 Å². The second kappa shape index (κ2) is 11.0. The molecule has 3 nitrogen and oxygen atoms in total. The summed E-state index contributed by atoms with van der Waals surface area (Å²) in [7, 11) is 1.60. The fourth-order valence-electron chi connectivity index (χ4n) is 1.63. The molecule has 0 saturated carbocycles. The first kappa shape index (κ1) is 21.4. The minimum Gasteiger partial charge on any atom is -0.493 e. The molecule has 0 radical (unpaired) electrons. The number of ether oxygens (including phenoxy) is 3. The molecule has 0 aliphatic heterocycles. The van der Waals surface area contributed by atoms with Gasteiger partial charge in [-0.05, 0) is 18.6 Å². The van der Waals surface area contributed by atoms with Crippen molar-refractivity contribution < 1.29 is 78.5 Å². The van der Waals surface area contributed by atoms with Crippen molar-refractivity contribution in [2.75, 3.05) is 33.5 Å². The second-order valence-corrected chi connectivity index (χ2v) is 4.41.